The molecule has 1 N–H and O–H groups in total. The van der Waals surface area contributed by atoms with Crippen LogP contribution in [-0.2, 0) is 9.59 Å². The molecule has 0 radical (unpaired) electrons. The molecule has 2 aliphatic rings. The predicted octanol–water partition coefficient (Wildman–Crippen LogP) is 2.15. The van der Waals surface area contributed by atoms with Gasteiger partial charge in [0.15, 0.2) is 0 Å². The summed E-state index contributed by atoms with van der Waals surface area (Å²) < 4.78 is 0. The molecule has 0 bridgehead atoms. The highest BCUT2D eigenvalue weighted by Gasteiger charge is 2.25. The number of para-hydroxylation sites is 1. The lowest BCUT2D eigenvalue weighted by Gasteiger charge is -2.36. The van der Waals surface area contributed by atoms with Crippen molar-refractivity contribution in [3.05, 3.63) is 29.3 Å². The topological polar surface area (TPSA) is 55.9 Å². The molecule has 1 atom stereocenters. The van der Waals surface area contributed by atoms with Crippen LogP contribution in [0.5, 0.6) is 0 Å². The summed E-state index contributed by atoms with van der Waals surface area (Å²) in [5, 5.41) is 3.40. The molecule has 0 spiro atoms. The molecule has 0 aliphatic carbocycles. The van der Waals surface area contributed by atoms with E-state index < -0.39 is 0 Å². The molecule has 0 saturated carbocycles. The Hall–Kier alpha value is -1.63. The Morgan fingerprint density at radius 1 is 1.07 bits per heavy atom. The van der Waals surface area contributed by atoms with Crippen LogP contribution in [0.4, 0.5) is 5.69 Å². The first kappa shape index (κ1) is 20.1. The fourth-order valence-electron chi connectivity index (χ4n) is 3.77. The monoisotopic (exact) mass is 392 g/mol. The second kappa shape index (κ2) is 9.53. The van der Waals surface area contributed by atoms with Gasteiger partial charge >= 0.3 is 0 Å². The minimum atomic E-state index is -0.0602. The Morgan fingerprint density at radius 3 is 2.41 bits per heavy atom. The third kappa shape index (κ3) is 5.92. The van der Waals surface area contributed by atoms with E-state index in [-0.39, 0.29) is 11.8 Å². The Balaban J connectivity index is 1.39. The van der Waals surface area contributed by atoms with E-state index in [2.05, 4.69) is 22.0 Å². The van der Waals surface area contributed by atoms with E-state index in [1.54, 1.807) is 12.1 Å². The van der Waals surface area contributed by atoms with Gasteiger partial charge in [-0.25, -0.2) is 0 Å². The van der Waals surface area contributed by atoms with Gasteiger partial charge in [0, 0.05) is 39.3 Å². The fourth-order valence-corrected chi connectivity index (χ4v) is 3.95. The highest BCUT2D eigenvalue weighted by Crippen LogP contribution is 2.20. The second-order valence-electron chi connectivity index (χ2n) is 7.67. The Labute approximate surface area is 166 Å². The molecule has 2 heterocycles. The van der Waals surface area contributed by atoms with Crippen molar-refractivity contribution in [1.29, 1.82) is 0 Å². The summed E-state index contributed by atoms with van der Waals surface area (Å²) in [4.78, 5) is 31.1. The maximum Gasteiger partial charge on any atom is 0.238 e. The molecule has 7 heteroatoms. The van der Waals surface area contributed by atoms with Crippen LogP contribution in [0.2, 0.25) is 5.02 Å². The number of amides is 2. The number of nitrogens with zero attached hydrogens (tertiary/aromatic N) is 3. The third-order valence-electron chi connectivity index (χ3n) is 5.35. The third-order valence-corrected chi connectivity index (χ3v) is 5.68. The number of likely N-dealkylation sites (tertiary alicyclic amines) is 1. The van der Waals surface area contributed by atoms with Gasteiger partial charge in [-0.2, -0.15) is 0 Å². The zero-order valence-corrected chi connectivity index (χ0v) is 16.7. The van der Waals surface area contributed by atoms with Crippen molar-refractivity contribution >= 4 is 29.1 Å². The average Bonchev–Trinajstić information content (AvgIpc) is 2.65. The zero-order valence-electron chi connectivity index (χ0n) is 16.0. The predicted molar refractivity (Wildman–Crippen MR) is 108 cm³/mol. The van der Waals surface area contributed by atoms with Gasteiger partial charge in [0.05, 0.1) is 23.8 Å². The van der Waals surface area contributed by atoms with Crippen molar-refractivity contribution in [1.82, 2.24) is 14.7 Å². The molecule has 27 heavy (non-hydrogen) atoms. The molecule has 2 fully saturated rings. The maximum absolute atomic E-state index is 12.5. The van der Waals surface area contributed by atoms with E-state index in [0.29, 0.717) is 29.7 Å². The van der Waals surface area contributed by atoms with Gasteiger partial charge in [0.25, 0.3) is 0 Å². The molecule has 0 aromatic heterocycles. The van der Waals surface area contributed by atoms with E-state index in [0.717, 1.165) is 45.7 Å². The second-order valence-corrected chi connectivity index (χ2v) is 8.07. The van der Waals surface area contributed by atoms with Gasteiger partial charge in [0.2, 0.25) is 11.8 Å². The number of nitrogens with one attached hydrogen (secondary N) is 1. The first-order valence-electron chi connectivity index (χ1n) is 9.78. The zero-order chi connectivity index (χ0) is 19.2. The molecule has 1 aromatic rings. The SMILES string of the molecule is CC1CCCN(C(=O)CN2CCN(CC(=O)Nc3ccccc3Cl)CC2)C1. The largest absolute Gasteiger partial charge is 0.341 e. The summed E-state index contributed by atoms with van der Waals surface area (Å²) in [5.74, 6) is 0.789. The molecule has 2 saturated heterocycles. The van der Waals surface area contributed by atoms with Crippen LogP contribution >= 0.6 is 11.6 Å². The summed E-state index contributed by atoms with van der Waals surface area (Å²) >= 11 is 6.08. The van der Waals surface area contributed by atoms with Crippen LogP contribution in [0.3, 0.4) is 0 Å². The van der Waals surface area contributed by atoms with Crippen molar-refractivity contribution in [2.75, 3.05) is 57.7 Å². The van der Waals surface area contributed by atoms with E-state index in [4.69, 9.17) is 11.6 Å². The maximum atomic E-state index is 12.5. The Kier molecular flexibility index (Phi) is 7.10. The smallest absolute Gasteiger partial charge is 0.238 e. The number of benzene rings is 1. The van der Waals surface area contributed by atoms with Crippen LogP contribution in [-0.4, -0.2) is 78.9 Å². The van der Waals surface area contributed by atoms with Crippen LogP contribution < -0.4 is 5.32 Å². The normalized spacial score (nSPS) is 21.9. The molecule has 1 aromatic carbocycles. The lowest BCUT2D eigenvalue weighted by atomic mass is 10.0. The number of piperidine rings is 1. The highest BCUT2D eigenvalue weighted by molar-refractivity contribution is 6.33. The first-order valence-corrected chi connectivity index (χ1v) is 10.2. The standard InChI is InChI=1S/C20H29ClN4O2/c1-16-5-4-8-25(13-16)20(27)15-24-11-9-23(10-12-24)14-19(26)22-18-7-3-2-6-17(18)21/h2-3,6-7,16H,4-5,8-15H2,1H3,(H,22,26). The number of carbonyl (C=O) groups excluding carboxylic acids is 2. The highest BCUT2D eigenvalue weighted by atomic mass is 35.5. The van der Waals surface area contributed by atoms with E-state index in [9.17, 15) is 9.59 Å². The molecule has 148 valence electrons. The van der Waals surface area contributed by atoms with E-state index in [1.165, 1.54) is 6.42 Å². The van der Waals surface area contributed by atoms with Crippen LogP contribution in [0.15, 0.2) is 24.3 Å². The lowest BCUT2D eigenvalue weighted by molar-refractivity contribution is -0.134. The first-order chi connectivity index (χ1) is 13.0. The molecule has 2 amide bonds. The molecular formula is C20H29ClN4O2. The molecule has 1 unspecified atom stereocenters. The van der Waals surface area contributed by atoms with Gasteiger partial charge in [0.1, 0.15) is 0 Å². The van der Waals surface area contributed by atoms with Gasteiger partial charge in [-0.1, -0.05) is 30.7 Å². The Bertz CT molecular complexity index is 661. The fraction of sp³-hybridized carbons (Fsp3) is 0.600. The van der Waals surface area contributed by atoms with Crippen LogP contribution in [0, 0.1) is 5.92 Å². The van der Waals surface area contributed by atoms with Crippen LogP contribution in [0.1, 0.15) is 19.8 Å². The summed E-state index contributed by atoms with van der Waals surface area (Å²) in [6.45, 7) is 8.05. The van der Waals surface area contributed by atoms with Crippen LogP contribution in [0.25, 0.3) is 0 Å². The molecule has 6 nitrogen and oxygen atoms in total. The summed E-state index contributed by atoms with van der Waals surface area (Å²) in [6.07, 6.45) is 2.33. The van der Waals surface area contributed by atoms with Crippen molar-refractivity contribution in [2.24, 2.45) is 5.92 Å². The van der Waals surface area contributed by atoms with Crippen molar-refractivity contribution in [3.63, 3.8) is 0 Å². The lowest BCUT2D eigenvalue weighted by Crippen LogP contribution is -2.52. The molecule has 2 aliphatic heterocycles. The summed E-state index contributed by atoms with van der Waals surface area (Å²) in [6, 6.07) is 7.24. The number of anilines is 1. The molecule has 3 rings (SSSR count). The number of hydrogen-bond donors (Lipinski definition) is 1. The van der Waals surface area contributed by atoms with Crippen molar-refractivity contribution < 1.29 is 9.59 Å². The van der Waals surface area contributed by atoms with Gasteiger partial charge < -0.3 is 10.2 Å². The van der Waals surface area contributed by atoms with E-state index >= 15 is 0 Å². The van der Waals surface area contributed by atoms with Gasteiger partial charge in [-0.3, -0.25) is 19.4 Å². The Morgan fingerprint density at radius 2 is 1.74 bits per heavy atom. The van der Waals surface area contributed by atoms with Crippen molar-refractivity contribution in [3.8, 4) is 0 Å². The molecular weight excluding hydrogens is 364 g/mol. The number of rotatable bonds is 5. The summed E-state index contributed by atoms with van der Waals surface area (Å²) in [5.41, 5.74) is 0.643. The number of carbonyl (C=O) groups is 2. The minimum Gasteiger partial charge on any atom is -0.341 e. The van der Waals surface area contributed by atoms with Crippen molar-refractivity contribution in [2.45, 2.75) is 19.8 Å². The van der Waals surface area contributed by atoms with Gasteiger partial charge in [-0.05, 0) is 30.9 Å². The van der Waals surface area contributed by atoms with E-state index in [1.807, 2.05) is 17.0 Å². The average molecular weight is 393 g/mol. The number of halogens is 1. The van der Waals surface area contributed by atoms with Gasteiger partial charge in [-0.15, -0.1) is 0 Å². The summed E-state index contributed by atoms with van der Waals surface area (Å²) in [7, 11) is 0. The minimum absolute atomic E-state index is 0.0602. The number of hydrogen-bond acceptors (Lipinski definition) is 4. The quantitative estimate of drug-likeness (QED) is 0.834. The number of piperazine rings is 1.